The second-order valence-corrected chi connectivity index (χ2v) is 11.3. The fraction of sp³-hybridized carbons (Fsp3) is 0.333. The predicted molar refractivity (Wildman–Crippen MR) is 162 cm³/mol. The molecule has 2 aromatic heterocycles. The van der Waals surface area contributed by atoms with Crippen molar-refractivity contribution in [3.8, 4) is 23.2 Å². The minimum Gasteiger partial charge on any atom is -0.476 e. The molecule has 1 amide bonds. The molecule has 2 fully saturated rings. The van der Waals surface area contributed by atoms with Crippen LogP contribution >= 0.6 is 0 Å². The molecule has 0 spiro atoms. The smallest absolute Gasteiger partial charge is 0.282 e. The molecule has 2 aliphatic heterocycles. The van der Waals surface area contributed by atoms with E-state index in [2.05, 4.69) is 27.5 Å². The van der Waals surface area contributed by atoms with Gasteiger partial charge >= 0.3 is 0 Å². The maximum Gasteiger partial charge on any atom is 0.282 e. The number of rotatable bonds is 7. The van der Waals surface area contributed by atoms with Gasteiger partial charge in [-0.1, -0.05) is 36.9 Å². The van der Waals surface area contributed by atoms with Crippen molar-refractivity contribution in [2.75, 3.05) is 44.7 Å². The molecule has 4 aromatic rings. The SMILES string of the molecule is C=C(F)C(=O)N1CCN(c2cc(OC[C@@H]3CCCN3C)nc3nc(-c4cccc5cccc(F)c45)c(F)cc23)C[C@@H]1CC#N. The number of hydrogen-bond donors (Lipinski definition) is 0. The zero-order chi connectivity index (χ0) is 31.0. The molecule has 4 heterocycles. The molecule has 6 rings (SSSR count). The first-order valence-electron chi connectivity index (χ1n) is 14.5. The van der Waals surface area contributed by atoms with Crippen LogP contribution in [0.5, 0.6) is 5.88 Å². The van der Waals surface area contributed by atoms with Gasteiger partial charge in [0.1, 0.15) is 23.9 Å². The van der Waals surface area contributed by atoms with E-state index in [1.807, 2.05) is 11.9 Å². The van der Waals surface area contributed by atoms with Crippen molar-refractivity contribution in [3.63, 3.8) is 0 Å². The molecule has 2 aromatic carbocycles. The lowest BCUT2D eigenvalue weighted by atomic mass is 10.0. The second kappa shape index (κ2) is 12.1. The van der Waals surface area contributed by atoms with Crippen molar-refractivity contribution in [2.24, 2.45) is 0 Å². The predicted octanol–water partition coefficient (Wildman–Crippen LogP) is 5.62. The molecule has 0 bridgehead atoms. The van der Waals surface area contributed by atoms with E-state index in [1.54, 1.807) is 36.4 Å². The van der Waals surface area contributed by atoms with Crippen LogP contribution in [0.2, 0.25) is 0 Å². The largest absolute Gasteiger partial charge is 0.476 e. The summed E-state index contributed by atoms with van der Waals surface area (Å²) in [5.41, 5.74) is 1.02. The van der Waals surface area contributed by atoms with Crippen molar-refractivity contribution in [1.82, 2.24) is 19.8 Å². The van der Waals surface area contributed by atoms with Crippen LogP contribution in [0.3, 0.4) is 0 Å². The van der Waals surface area contributed by atoms with Crippen molar-refractivity contribution in [3.05, 3.63) is 72.6 Å². The summed E-state index contributed by atoms with van der Waals surface area (Å²) in [6.45, 7) is 5.10. The number of ether oxygens (including phenoxy) is 1. The summed E-state index contributed by atoms with van der Waals surface area (Å²) in [5, 5.41) is 10.7. The Morgan fingerprint density at radius 2 is 1.89 bits per heavy atom. The number of pyridine rings is 2. The topological polar surface area (TPSA) is 85.6 Å². The number of hydrogen-bond acceptors (Lipinski definition) is 7. The van der Waals surface area contributed by atoms with Crippen LogP contribution in [0.4, 0.5) is 18.9 Å². The maximum absolute atomic E-state index is 15.9. The molecule has 0 saturated carbocycles. The molecule has 0 unspecified atom stereocenters. The maximum atomic E-state index is 15.9. The number of carbonyl (C=O) groups is 1. The Morgan fingerprint density at radius 1 is 1.09 bits per heavy atom. The van der Waals surface area contributed by atoms with E-state index in [9.17, 15) is 18.8 Å². The zero-order valence-corrected chi connectivity index (χ0v) is 24.3. The fourth-order valence-corrected chi connectivity index (χ4v) is 6.25. The molecule has 0 radical (unpaired) electrons. The summed E-state index contributed by atoms with van der Waals surface area (Å²) in [6, 6.07) is 14.5. The lowest BCUT2D eigenvalue weighted by Gasteiger charge is -2.41. The fourth-order valence-electron chi connectivity index (χ4n) is 6.25. The first-order valence-corrected chi connectivity index (χ1v) is 14.5. The average Bonchev–Trinajstić information content (AvgIpc) is 3.43. The average molecular weight is 601 g/mol. The molecule has 2 saturated heterocycles. The van der Waals surface area contributed by atoms with Gasteiger partial charge in [-0.05, 0) is 44.0 Å². The normalized spacial score (nSPS) is 19.0. The van der Waals surface area contributed by atoms with Gasteiger partial charge in [0.15, 0.2) is 11.5 Å². The van der Waals surface area contributed by atoms with Gasteiger partial charge in [0.05, 0.1) is 24.2 Å². The number of benzene rings is 2. The summed E-state index contributed by atoms with van der Waals surface area (Å²) in [4.78, 5) is 27.2. The Kier molecular flexibility index (Phi) is 8.10. The Bertz CT molecular complexity index is 1800. The highest BCUT2D eigenvalue weighted by Gasteiger charge is 2.33. The number of piperazine rings is 1. The van der Waals surface area contributed by atoms with Gasteiger partial charge in [0, 0.05) is 48.1 Å². The van der Waals surface area contributed by atoms with E-state index in [0.29, 0.717) is 28.6 Å². The third kappa shape index (κ3) is 5.53. The molecule has 0 aliphatic carbocycles. The third-order valence-corrected chi connectivity index (χ3v) is 8.56. The number of likely N-dealkylation sites (N-methyl/N-ethyl adjacent to an activating group) is 1. The number of anilines is 1. The van der Waals surface area contributed by atoms with E-state index >= 15 is 4.39 Å². The second-order valence-electron chi connectivity index (χ2n) is 11.3. The molecule has 8 nitrogen and oxygen atoms in total. The van der Waals surface area contributed by atoms with Crippen LogP contribution in [-0.2, 0) is 4.79 Å². The molecule has 11 heteroatoms. The van der Waals surface area contributed by atoms with Gasteiger partial charge in [0.2, 0.25) is 5.88 Å². The molecule has 44 heavy (non-hydrogen) atoms. The van der Waals surface area contributed by atoms with Crippen LogP contribution in [0, 0.1) is 23.0 Å². The number of nitriles is 1. The summed E-state index contributed by atoms with van der Waals surface area (Å²) in [6.07, 6.45) is 2.03. The standard InChI is InChI=1S/C33H31F3N6O2/c1-20(34)33(43)42-15-14-41(18-22(42)11-12-37)28-17-29(44-19-23-8-5-13-40(23)2)38-32-25(28)16-27(36)31(39-32)24-9-3-6-21-7-4-10-26(35)30(21)24/h3-4,6-7,9-10,16-17,22-23H,1,5,8,11,13-15,18-19H2,2H3/t22-,23-/m0/s1. The molecule has 226 valence electrons. The van der Waals surface area contributed by atoms with Crippen LogP contribution < -0.4 is 9.64 Å². The number of fused-ring (bicyclic) bond motifs is 2. The van der Waals surface area contributed by atoms with Gasteiger partial charge < -0.3 is 19.4 Å². The number of aromatic nitrogens is 2. The highest BCUT2D eigenvalue weighted by molar-refractivity contribution is 5.99. The number of carbonyl (C=O) groups excluding carboxylic acids is 1. The summed E-state index contributed by atoms with van der Waals surface area (Å²) in [5.74, 6) is -2.80. The van der Waals surface area contributed by atoms with Crippen molar-refractivity contribution >= 4 is 33.4 Å². The molecular formula is C33H31F3N6O2. The van der Waals surface area contributed by atoms with Crippen LogP contribution in [0.25, 0.3) is 33.1 Å². The summed E-state index contributed by atoms with van der Waals surface area (Å²) >= 11 is 0. The van der Waals surface area contributed by atoms with Gasteiger partial charge in [-0.3, -0.25) is 4.79 Å². The van der Waals surface area contributed by atoms with Crippen LogP contribution in [-0.4, -0.2) is 77.6 Å². The molecule has 2 atom stereocenters. The molecular weight excluding hydrogens is 569 g/mol. The summed E-state index contributed by atoms with van der Waals surface area (Å²) < 4.78 is 50.9. The Labute approximate surface area is 253 Å². The quantitative estimate of drug-likeness (QED) is 0.255. The Balaban J connectivity index is 1.45. The van der Waals surface area contributed by atoms with E-state index in [0.717, 1.165) is 19.4 Å². The van der Waals surface area contributed by atoms with E-state index in [4.69, 9.17) is 4.74 Å². The lowest BCUT2D eigenvalue weighted by molar-refractivity contribution is -0.131. The minimum atomic E-state index is -1.09. The number of halogens is 3. The van der Waals surface area contributed by atoms with E-state index in [-0.39, 0.29) is 54.7 Å². The number of likely N-dealkylation sites (tertiary alicyclic amines) is 1. The lowest BCUT2D eigenvalue weighted by Crippen LogP contribution is -2.55. The number of nitrogens with zero attached hydrogens (tertiary/aromatic N) is 6. The third-order valence-electron chi connectivity index (χ3n) is 8.56. The van der Waals surface area contributed by atoms with Gasteiger partial charge in [-0.15, -0.1) is 0 Å². The monoisotopic (exact) mass is 600 g/mol. The van der Waals surface area contributed by atoms with E-state index in [1.165, 1.54) is 17.0 Å². The van der Waals surface area contributed by atoms with Gasteiger partial charge in [-0.2, -0.15) is 10.2 Å². The van der Waals surface area contributed by atoms with Crippen molar-refractivity contribution in [1.29, 1.82) is 5.26 Å². The van der Waals surface area contributed by atoms with Crippen LogP contribution in [0.15, 0.2) is 60.9 Å². The van der Waals surface area contributed by atoms with Crippen molar-refractivity contribution < 1.29 is 22.7 Å². The van der Waals surface area contributed by atoms with Crippen LogP contribution in [0.1, 0.15) is 19.3 Å². The first-order chi connectivity index (χ1) is 21.2. The zero-order valence-electron chi connectivity index (χ0n) is 24.3. The van der Waals surface area contributed by atoms with Gasteiger partial charge in [0.25, 0.3) is 5.91 Å². The Morgan fingerprint density at radius 3 is 2.61 bits per heavy atom. The van der Waals surface area contributed by atoms with Gasteiger partial charge in [-0.25, -0.2) is 18.2 Å². The highest BCUT2D eigenvalue weighted by atomic mass is 19.1. The minimum absolute atomic E-state index is 0.0285. The molecule has 0 N–H and O–H groups in total. The number of amides is 1. The highest BCUT2D eigenvalue weighted by Crippen LogP contribution is 2.37. The Hall–Kier alpha value is -4.69. The van der Waals surface area contributed by atoms with E-state index < -0.39 is 29.4 Å². The summed E-state index contributed by atoms with van der Waals surface area (Å²) in [7, 11) is 2.04. The molecule has 2 aliphatic rings. The van der Waals surface area contributed by atoms with Crippen molar-refractivity contribution in [2.45, 2.75) is 31.3 Å². The first kappa shape index (κ1) is 29.4.